The van der Waals surface area contributed by atoms with E-state index in [1.807, 2.05) is 11.8 Å². The smallest absolute Gasteiger partial charge is 0.227 e. The molecule has 1 saturated carbocycles. The zero-order valence-electron chi connectivity index (χ0n) is 14.4. The molecular weight excluding hydrogens is 290 g/mol. The number of amides is 1. The normalized spacial score (nSPS) is 15.3. The number of Topliss-reactive ketones (excluding diaryl/α,β-unsaturated/α-hetero) is 1. The molecule has 0 N–H and O–H groups in total. The van der Waals surface area contributed by atoms with Crippen LogP contribution in [0, 0.1) is 0 Å². The molecule has 4 nitrogen and oxygen atoms in total. The lowest BCUT2D eigenvalue weighted by molar-refractivity contribution is -0.133. The maximum absolute atomic E-state index is 12.8. The quantitative estimate of drug-likeness (QED) is 0.753. The Labute approximate surface area is 138 Å². The Morgan fingerprint density at radius 2 is 1.91 bits per heavy atom. The maximum Gasteiger partial charge on any atom is 0.227 e. The van der Waals surface area contributed by atoms with Gasteiger partial charge >= 0.3 is 0 Å². The van der Waals surface area contributed by atoms with Gasteiger partial charge in [0.1, 0.15) is 5.75 Å². The summed E-state index contributed by atoms with van der Waals surface area (Å²) >= 11 is 0. The number of hydrogen-bond donors (Lipinski definition) is 0. The Hall–Kier alpha value is -1.84. The van der Waals surface area contributed by atoms with E-state index in [0.717, 1.165) is 24.9 Å². The fourth-order valence-corrected chi connectivity index (χ4v) is 3.43. The minimum Gasteiger partial charge on any atom is -0.496 e. The summed E-state index contributed by atoms with van der Waals surface area (Å²) in [7, 11) is 1.59. The zero-order chi connectivity index (χ0) is 16.8. The summed E-state index contributed by atoms with van der Waals surface area (Å²) in [6.45, 7) is 4.31. The van der Waals surface area contributed by atoms with Crippen molar-refractivity contribution >= 4 is 11.7 Å². The van der Waals surface area contributed by atoms with Crippen LogP contribution in [0.4, 0.5) is 0 Å². The molecule has 23 heavy (non-hydrogen) atoms. The third-order valence-corrected chi connectivity index (χ3v) is 4.71. The summed E-state index contributed by atoms with van der Waals surface area (Å²) in [5.41, 5.74) is 1.41. The molecule has 1 aliphatic rings. The van der Waals surface area contributed by atoms with E-state index in [4.69, 9.17) is 4.74 Å². The summed E-state index contributed by atoms with van der Waals surface area (Å²) in [6, 6.07) is 5.67. The Balaban J connectivity index is 2.16. The van der Waals surface area contributed by atoms with Gasteiger partial charge in [-0.15, -0.1) is 0 Å². The molecule has 1 aromatic rings. The molecule has 4 heteroatoms. The molecule has 0 bridgehead atoms. The molecule has 0 atom stereocenters. The number of likely N-dealkylation sites (N-methyl/N-ethyl adjacent to an activating group) is 1. The highest BCUT2D eigenvalue weighted by Crippen LogP contribution is 2.25. The molecule has 0 aromatic heterocycles. The first kappa shape index (κ1) is 17.5. The molecule has 0 unspecified atom stereocenters. The minimum atomic E-state index is 0.000908. The Morgan fingerprint density at radius 3 is 2.48 bits per heavy atom. The molecule has 1 aliphatic carbocycles. The van der Waals surface area contributed by atoms with Crippen LogP contribution in [0.15, 0.2) is 18.2 Å². The van der Waals surface area contributed by atoms with Crippen LogP contribution in [0.3, 0.4) is 0 Å². The summed E-state index contributed by atoms with van der Waals surface area (Å²) in [5, 5.41) is 0. The van der Waals surface area contributed by atoms with Crippen LogP contribution >= 0.6 is 0 Å². The van der Waals surface area contributed by atoms with Gasteiger partial charge in [0.15, 0.2) is 5.78 Å². The molecule has 1 fully saturated rings. The maximum atomic E-state index is 12.8. The van der Waals surface area contributed by atoms with Crippen LogP contribution in [0.25, 0.3) is 0 Å². The molecule has 0 radical (unpaired) electrons. The van der Waals surface area contributed by atoms with Crippen molar-refractivity contribution in [3.63, 3.8) is 0 Å². The summed E-state index contributed by atoms with van der Waals surface area (Å²) in [6.07, 6.45) is 6.18. The van der Waals surface area contributed by atoms with E-state index in [1.54, 1.807) is 25.3 Å². The molecule has 1 amide bonds. The van der Waals surface area contributed by atoms with Gasteiger partial charge in [-0.3, -0.25) is 9.59 Å². The second kappa shape index (κ2) is 8.14. The van der Waals surface area contributed by atoms with Crippen LogP contribution in [0.5, 0.6) is 5.75 Å². The molecule has 0 saturated heterocycles. The summed E-state index contributed by atoms with van der Waals surface area (Å²) < 4.78 is 5.36. The first-order valence-corrected chi connectivity index (χ1v) is 8.54. The number of hydrogen-bond acceptors (Lipinski definition) is 3. The highest BCUT2D eigenvalue weighted by atomic mass is 16.5. The van der Waals surface area contributed by atoms with Crippen molar-refractivity contribution in [3.8, 4) is 5.75 Å². The van der Waals surface area contributed by atoms with E-state index in [2.05, 4.69) is 0 Å². The number of ether oxygens (including phenoxy) is 1. The molecular formula is C19H27NO3. The van der Waals surface area contributed by atoms with Gasteiger partial charge in [-0.2, -0.15) is 0 Å². The average molecular weight is 317 g/mol. The summed E-state index contributed by atoms with van der Waals surface area (Å²) in [4.78, 5) is 26.4. The van der Waals surface area contributed by atoms with Gasteiger partial charge in [0, 0.05) is 23.7 Å². The van der Waals surface area contributed by atoms with Crippen LogP contribution in [-0.4, -0.2) is 36.3 Å². The van der Waals surface area contributed by atoms with E-state index in [0.29, 0.717) is 17.4 Å². The number of carbonyl (C=O) groups excluding carboxylic acids is 2. The third kappa shape index (κ3) is 4.34. The van der Waals surface area contributed by atoms with Crippen molar-refractivity contribution in [2.75, 3.05) is 13.7 Å². The minimum absolute atomic E-state index is 0.000908. The van der Waals surface area contributed by atoms with Crippen molar-refractivity contribution in [1.29, 1.82) is 0 Å². The number of methoxy groups -OCH3 is 1. The first-order valence-electron chi connectivity index (χ1n) is 8.54. The lowest BCUT2D eigenvalue weighted by Gasteiger charge is -2.33. The van der Waals surface area contributed by atoms with Crippen molar-refractivity contribution in [2.24, 2.45) is 0 Å². The Bertz CT molecular complexity index is 562. The molecule has 0 heterocycles. The van der Waals surface area contributed by atoms with Crippen molar-refractivity contribution in [1.82, 2.24) is 4.90 Å². The molecule has 0 aliphatic heterocycles. The predicted molar refractivity (Wildman–Crippen MR) is 91.0 cm³/mol. The number of benzene rings is 1. The van der Waals surface area contributed by atoms with Crippen LogP contribution in [-0.2, 0) is 11.2 Å². The van der Waals surface area contributed by atoms with Gasteiger partial charge in [-0.05, 0) is 44.9 Å². The topological polar surface area (TPSA) is 46.6 Å². The van der Waals surface area contributed by atoms with Gasteiger partial charge in [-0.1, -0.05) is 19.3 Å². The molecule has 126 valence electrons. The number of nitrogens with zero attached hydrogens (tertiary/aromatic N) is 1. The largest absolute Gasteiger partial charge is 0.496 e. The third-order valence-electron chi connectivity index (χ3n) is 4.71. The van der Waals surface area contributed by atoms with Crippen LogP contribution < -0.4 is 4.74 Å². The van der Waals surface area contributed by atoms with E-state index in [-0.39, 0.29) is 18.1 Å². The van der Waals surface area contributed by atoms with E-state index in [9.17, 15) is 9.59 Å². The molecule has 2 rings (SSSR count). The first-order chi connectivity index (χ1) is 11.1. The molecule has 1 aromatic carbocycles. The summed E-state index contributed by atoms with van der Waals surface area (Å²) in [5.74, 6) is 0.794. The van der Waals surface area contributed by atoms with Crippen LogP contribution in [0.2, 0.25) is 0 Å². The Kier molecular flexibility index (Phi) is 6.20. The second-order valence-electron chi connectivity index (χ2n) is 6.23. The second-order valence-corrected chi connectivity index (χ2v) is 6.23. The Morgan fingerprint density at radius 1 is 1.22 bits per heavy atom. The van der Waals surface area contributed by atoms with Gasteiger partial charge < -0.3 is 9.64 Å². The standard InChI is InChI=1S/C19H27NO3/c1-4-20(17-8-6-5-7-9-17)19(22)13-16-12-15(14(2)21)10-11-18(16)23-3/h10-12,17H,4-9,13H2,1-3H3. The fourth-order valence-electron chi connectivity index (χ4n) is 3.43. The lowest BCUT2D eigenvalue weighted by Crippen LogP contribution is -2.42. The predicted octanol–water partition coefficient (Wildman–Crippen LogP) is 3.62. The van der Waals surface area contributed by atoms with Crippen LogP contribution in [0.1, 0.15) is 61.9 Å². The van der Waals surface area contributed by atoms with E-state index < -0.39 is 0 Å². The monoisotopic (exact) mass is 317 g/mol. The van der Waals surface area contributed by atoms with Crippen molar-refractivity contribution in [3.05, 3.63) is 29.3 Å². The zero-order valence-corrected chi connectivity index (χ0v) is 14.4. The van der Waals surface area contributed by atoms with Crippen molar-refractivity contribution in [2.45, 2.75) is 58.4 Å². The fraction of sp³-hybridized carbons (Fsp3) is 0.579. The number of carbonyl (C=O) groups is 2. The molecule has 0 spiro atoms. The average Bonchev–Trinajstić information content (AvgIpc) is 2.56. The lowest BCUT2D eigenvalue weighted by atomic mass is 9.93. The number of ketones is 1. The highest BCUT2D eigenvalue weighted by Gasteiger charge is 2.24. The highest BCUT2D eigenvalue weighted by molar-refractivity contribution is 5.94. The SMILES string of the molecule is CCN(C(=O)Cc1cc(C(C)=O)ccc1OC)C1CCCCC1. The van der Waals surface area contributed by atoms with Gasteiger partial charge in [-0.25, -0.2) is 0 Å². The van der Waals surface area contributed by atoms with Gasteiger partial charge in [0.2, 0.25) is 5.91 Å². The van der Waals surface area contributed by atoms with E-state index >= 15 is 0 Å². The van der Waals surface area contributed by atoms with Gasteiger partial charge in [0.25, 0.3) is 0 Å². The van der Waals surface area contributed by atoms with E-state index in [1.165, 1.54) is 26.2 Å². The van der Waals surface area contributed by atoms with Gasteiger partial charge in [0.05, 0.1) is 13.5 Å². The van der Waals surface area contributed by atoms with Crippen molar-refractivity contribution < 1.29 is 14.3 Å². The number of rotatable bonds is 6.